The Labute approximate surface area is 249 Å². The molecule has 3 N–H and O–H groups in total. The molecule has 1 aliphatic carbocycles. The molecule has 4 heterocycles. The van der Waals surface area contributed by atoms with Crippen molar-refractivity contribution in [3.63, 3.8) is 0 Å². The Morgan fingerprint density at radius 3 is 2.56 bits per heavy atom. The lowest BCUT2D eigenvalue weighted by Gasteiger charge is -2.49. The minimum atomic E-state index is -2.17. The van der Waals surface area contributed by atoms with Gasteiger partial charge in [-0.15, -0.1) is 0 Å². The second-order valence-electron chi connectivity index (χ2n) is 12.5. The van der Waals surface area contributed by atoms with E-state index in [2.05, 4.69) is 80.3 Å². The molecule has 0 bridgehead atoms. The quantitative estimate of drug-likeness (QED) is 0.272. The molecule has 0 unspecified atom stereocenters. The predicted octanol–water partition coefficient (Wildman–Crippen LogP) is 5.91. The summed E-state index contributed by atoms with van der Waals surface area (Å²) in [5, 5.41) is 15.5. The second-order valence-corrected chi connectivity index (χ2v) is 18.2. The van der Waals surface area contributed by atoms with Gasteiger partial charge in [0.1, 0.15) is 5.69 Å². The number of carbonyl (C=O) groups excluding carboxylic acids is 1. The number of anilines is 2. The molecule has 0 spiro atoms. The fourth-order valence-corrected chi connectivity index (χ4v) is 6.93. The molecular weight excluding hydrogens is 604 g/mol. The molecule has 1 aliphatic heterocycles. The molecule has 2 fully saturated rings. The van der Waals surface area contributed by atoms with Gasteiger partial charge in [0, 0.05) is 35.9 Å². The maximum Gasteiger partial charge on any atom is 0.405 e. The first-order valence-corrected chi connectivity index (χ1v) is 17.6. The number of hydrogen-bond acceptors (Lipinski definition) is 7. The van der Waals surface area contributed by atoms with Crippen LogP contribution in [0.2, 0.25) is 18.1 Å². The summed E-state index contributed by atoms with van der Waals surface area (Å²) in [6.45, 7) is 12.1. The van der Waals surface area contributed by atoms with Crippen molar-refractivity contribution < 1.29 is 19.1 Å². The van der Waals surface area contributed by atoms with Crippen molar-refractivity contribution in [2.75, 3.05) is 23.3 Å². The predicted molar refractivity (Wildman–Crippen MR) is 165 cm³/mol. The summed E-state index contributed by atoms with van der Waals surface area (Å²) in [4.78, 5) is 40.5. The smallest absolute Gasteiger partial charge is 0.405 e. The highest BCUT2D eigenvalue weighted by Gasteiger charge is 2.50. The Bertz CT molecular complexity index is 1460. The molecule has 3 aromatic rings. The molecule has 41 heavy (non-hydrogen) atoms. The van der Waals surface area contributed by atoms with Crippen molar-refractivity contribution in [1.29, 1.82) is 0 Å². The standard InChI is InChI=1S/C29H37BrN6O4Si/c1-29(2,3)41(4,5)40-26-19(17-6-7-17)15-36(16-24(26)35-28(38)39)25-10-11-31-14-23(25)34-27(37)21-9-8-20-22(33-21)12-18(30)13-32-20/h8-14,17,19,24,26,35H,6-7,15-16H2,1-5H3,(H,34,37)(H,38,39)/t19-,24-,26+/m1/s1. The van der Waals surface area contributed by atoms with Gasteiger partial charge >= 0.3 is 6.09 Å². The van der Waals surface area contributed by atoms with Gasteiger partial charge in [0.2, 0.25) is 0 Å². The molecular formula is C29H37BrN6O4Si. The number of aromatic nitrogens is 3. The monoisotopic (exact) mass is 640 g/mol. The molecule has 1 saturated heterocycles. The lowest BCUT2D eigenvalue weighted by atomic mass is 9.86. The highest BCUT2D eigenvalue weighted by atomic mass is 79.9. The van der Waals surface area contributed by atoms with Gasteiger partial charge in [0.05, 0.1) is 40.8 Å². The van der Waals surface area contributed by atoms with Crippen molar-refractivity contribution in [3.8, 4) is 0 Å². The molecule has 10 nitrogen and oxygen atoms in total. The third-order valence-corrected chi connectivity index (χ3v) is 13.5. The molecule has 0 radical (unpaired) electrons. The van der Waals surface area contributed by atoms with Crippen molar-refractivity contribution in [3.05, 3.63) is 53.0 Å². The number of rotatable bonds is 7. The minimum absolute atomic E-state index is 0.00248. The van der Waals surface area contributed by atoms with Gasteiger partial charge in [0.25, 0.3) is 5.91 Å². The molecule has 1 saturated carbocycles. The fourth-order valence-electron chi connectivity index (χ4n) is 5.24. The minimum Gasteiger partial charge on any atom is -0.465 e. The van der Waals surface area contributed by atoms with Crippen LogP contribution in [-0.4, -0.2) is 65.6 Å². The number of carboxylic acid groups (broad SMARTS) is 1. The van der Waals surface area contributed by atoms with Gasteiger partial charge in [-0.3, -0.25) is 14.8 Å². The Balaban J connectivity index is 1.42. The molecule has 12 heteroatoms. The SMILES string of the molecule is CC(C)(C)[Si](C)(C)O[C@H]1[C@@H](C2CC2)CN(c2ccncc2NC(=O)c2ccc3ncc(Br)cc3n2)C[C@H]1NC(=O)O. The van der Waals surface area contributed by atoms with Crippen molar-refractivity contribution in [2.24, 2.45) is 11.8 Å². The zero-order chi connectivity index (χ0) is 29.5. The van der Waals surface area contributed by atoms with E-state index in [0.717, 1.165) is 23.0 Å². The topological polar surface area (TPSA) is 130 Å². The van der Waals surface area contributed by atoms with Gasteiger partial charge in [-0.1, -0.05) is 20.8 Å². The summed E-state index contributed by atoms with van der Waals surface area (Å²) >= 11 is 3.40. The molecule has 3 atom stereocenters. The van der Waals surface area contributed by atoms with E-state index in [0.29, 0.717) is 35.7 Å². The number of nitrogens with one attached hydrogen (secondary N) is 2. The largest absolute Gasteiger partial charge is 0.465 e. The van der Waals surface area contributed by atoms with Gasteiger partial charge in [-0.2, -0.15) is 0 Å². The van der Waals surface area contributed by atoms with Gasteiger partial charge in [0.15, 0.2) is 8.32 Å². The van der Waals surface area contributed by atoms with E-state index < -0.39 is 20.5 Å². The number of hydrogen-bond donors (Lipinski definition) is 3. The summed E-state index contributed by atoms with van der Waals surface area (Å²) in [7, 11) is -2.17. The van der Waals surface area contributed by atoms with Crippen LogP contribution in [0.1, 0.15) is 44.1 Å². The van der Waals surface area contributed by atoms with E-state index in [1.165, 1.54) is 0 Å². The van der Waals surface area contributed by atoms with E-state index in [9.17, 15) is 14.7 Å². The van der Waals surface area contributed by atoms with Crippen LogP contribution >= 0.6 is 15.9 Å². The second kappa shape index (κ2) is 11.3. The first-order valence-electron chi connectivity index (χ1n) is 13.9. The van der Waals surface area contributed by atoms with Crippen LogP contribution in [0.5, 0.6) is 0 Å². The zero-order valence-corrected chi connectivity index (χ0v) is 26.6. The highest BCUT2D eigenvalue weighted by Crippen LogP contribution is 2.46. The molecule has 2 amide bonds. The normalized spacial score (nSPS) is 21.5. The van der Waals surface area contributed by atoms with Crippen LogP contribution in [0.4, 0.5) is 16.2 Å². The number of pyridine rings is 3. The van der Waals surface area contributed by atoms with E-state index in [1.54, 1.807) is 30.7 Å². The van der Waals surface area contributed by atoms with Crippen LogP contribution in [0, 0.1) is 11.8 Å². The van der Waals surface area contributed by atoms with Crippen LogP contribution in [-0.2, 0) is 4.43 Å². The Morgan fingerprint density at radius 2 is 1.88 bits per heavy atom. The number of fused-ring (bicyclic) bond motifs is 1. The molecule has 0 aromatic carbocycles. The van der Waals surface area contributed by atoms with Crippen molar-refractivity contribution in [1.82, 2.24) is 20.3 Å². The Kier molecular flexibility index (Phi) is 8.10. The zero-order valence-electron chi connectivity index (χ0n) is 24.0. The summed E-state index contributed by atoms with van der Waals surface area (Å²) < 4.78 is 7.72. The maximum atomic E-state index is 13.3. The summed E-state index contributed by atoms with van der Waals surface area (Å²) in [5.41, 5.74) is 2.89. The fraction of sp³-hybridized carbons (Fsp3) is 0.483. The van der Waals surface area contributed by atoms with E-state index in [-0.39, 0.29) is 28.7 Å². The van der Waals surface area contributed by atoms with E-state index in [1.807, 2.05) is 12.1 Å². The van der Waals surface area contributed by atoms with E-state index >= 15 is 0 Å². The number of carbonyl (C=O) groups is 2. The number of halogens is 1. The third kappa shape index (κ3) is 6.54. The number of nitrogens with zero attached hydrogens (tertiary/aromatic N) is 4. The number of amides is 2. The van der Waals surface area contributed by atoms with Gasteiger partial charge < -0.3 is 25.1 Å². The Hall–Kier alpha value is -3.09. The van der Waals surface area contributed by atoms with Crippen molar-refractivity contribution in [2.45, 2.75) is 63.9 Å². The van der Waals surface area contributed by atoms with Crippen molar-refractivity contribution >= 4 is 58.7 Å². The first kappa shape index (κ1) is 29.4. The van der Waals surface area contributed by atoms with Crippen LogP contribution in [0.15, 0.2) is 47.3 Å². The third-order valence-electron chi connectivity index (χ3n) is 8.56. The Morgan fingerprint density at radius 1 is 1.12 bits per heavy atom. The van der Waals surface area contributed by atoms with Gasteiger partial charge in [-0.25, -0.2) is 9.78 Å². The highest BCUT2D eigenvalue weighted by molar-refractivity contribution is 9.10. The molecule has 5 rings (SSSR count). The summed E-state index contributed by atoms with van der Waals surface area (Å²) in [5.74, 6) is 0.260. The first-order chi connectivity index (χ1) is 19.3. The summed E-state index contributed by atoms with van der Waals surface area (Å²) in [6, 6.07) is 6.67. The number of piperidine rings is 1. The maximum absolute atomic E-state index is 13.3. The average Bonchev–Trinajstić information content (AvgIpc) is 3.74. The lowest BCUT2D eigenvalue weighted by molar-refractivity contribution is 0.0553. The summed E-state index contributed by atoms with van der Waals surface area (Å²) in [6.07, 6.45) is 5.92. The molecule has 218 valence electrons. The van der Waals surface area contributed by atoms with Crippen LogP contribution in [0.25, 0.3) is 11.0 Å². The molecule has 3 aromatic heterocycles. The lowest BCUT2D eigenvalue weighted by Crippen LogP contribution is -2.63. The van der Waals surface area contributed by atoms with Gasteiger partial charge in [-0.05, 0) is 77.1 Å². The molecule has 2 aliphatic rings. The van der Waals surface area contributed by atoms with Crippen LogP contribution < -0.4 is 15.5 Å². The van der Waals surface area contributed by atoms with Crippen LogP contribution in [0.3, 0.4) is 0 Å². The average molecular weight is 642 g/mol. The van der Waals surface area contributed by atoms with E-state index in [4.69, 9.17) is 4.43 Å².